The Bertz CT molecular complexity index is 1130. The third kappa shape index (κ3) is 2.92. The first-order chi connectivity index (χ1) is 13.8. The number of benzene rings is 3. The highest BCUT2D eigenvalue weighted by atomic mass is 16.1. The molecular formula is C24H21N3O. The first-order valence-corrected chi connectivity index (χ1v) is 9.67. The lowest BCUT2D eigenvalue weighted by molar-refractivity contribution is 0.476. The molecule has 4 nitrogen and oxygen atoms in total. The van der Waals surface area contributed by atoms with Crippen molar-refractivity contribution < 1.29 is 0 Å². The van der Waals surface area contributed by atoms with Crippen LogP contribution in [0.15, 0.2) is 89.7 Å². The number of fused-ring (bicyclic) bond motifs is 2. The minimum Gasteiger partial charge on any atom is -0.297 e. The predicted octanol–water partition coefficient (Wildman–Crippen LogP) is 4.22. The number of rotatable bonds is 4. The zero-order chi connectivity index (χ0) is 18.9. The summed E-state index contributed by atoms with van der Waals surface area (Å²) in [6.45, 7) is 0.694. The van der Waals surface area contributed by atoms with Gasteiger partial charge in [0.05, 0.1) is 23.0 Å². The number of hydrogen-bond donors (Lipinski definition) is 1. The van der Waals surface area contributed by atoms with Crippen molar-refractivity contribution in [1.82, 2.24) is 14.9 Å². The van der Waals surface area contributed by atoms with Crippen molar-refractivity contribution in [1.29, 1.82) is 0 Å². The number of nitrogens with one attached hydrogen (secondary N) is 1. The van der Waals surface area contributed by atoms with Gasteiger partial charge in [0, 0.05) is 6.54 Å². The Morgan fingerprint density at radius 1 is 0.857 bits per heavy atom. The molecule has 1 aliphatic rings. The summed E-state index contributed by atoms with van der Waals surface area (Å²) in [7, 11) is 0. The lowest BCUT2D eigenvalue weighted by Crippen LogP contribution is -2.28. The molecule has 0 fully saturated rings. The Morgan fingerprint density at radius 3 is 2.14 bits per heavy atom. The second kappa shape index (κ2) is 7.06. The molecular weight excluding hydrogens is 346 g/mol. The van der Waals surface area contributed by atoms with E-state index in [1.165, 1.54) is 11.1 Å². The molecule has 1 unspecified atom stereocenters. The average molecular weight is 367 g/mol. The minimum absolute atomic E-state index is 0.0303. The third-order valence-electron chi connectivity index (χ3n) is 5.48. The van der Waals surface area contributed by atoms with E-state index in [9.17, 15) is 4.79 Å². The van der Waals surface area contributed by atoms with Gasteiger partial charge >= 0.3 is 0 Å². The molecule has 2 heterocycles. The van der Waals surface area contributed by atoms with Crippen LogP contribution in [-0.2, 0) is 6.54 Å². The van der Waals surface area contributed by atoms with Gasteiger partial charge in [0.2, 0.25) is 0 Å². The summed E-state index contributed by atoms with van der Waals surface area (Å²) in [4.78, 5) is 17.7. The second-order valence-corrected chi connectivity index (χ2v) is 7.21. The maximum absolute atomic E-state index is 12.9. The standard InChI is InChI=1S/C24H21N3O/c28-24-19-13-7-8-14-20(19)26-23-21(15-16-27(23)24)25-22(17-9-3-1-4-10-17)18-11-5-2-6-12-18/h1-14,21-22,25H,15-16H2. The van der Waals surface area contributed by atoms with Gasteiger partial charge in [-0.1, -0.05) is 72.8 Å². The lowest BCUT2D eigenvalue weighted by Gasteiger charge is -2.24. The van der Waals surface area contributed by atoms with Crippen LogP contribution >= 0.6 is 0 Å². The van der Waals surface area contributed by atoms with Crippen LogP contribution in [0.2, 0.25) is 0 Å². The molecule has 1 aliphatic heterocycles. The molecule has 28 heavy (non-hydrogen) atoms. The second-order valence-electron chi connectivity index (χ2n) is 7.21. The maximum Gasteiger partial charge on any atom is 0.261 e. The summed E-state index contributed by atoms with van der Waals surface area (Å²) in [6.07, 6.45) is 0.856. The Kier molecular flexibility index (Phi) is 4.26. The van der Waals surface area contributed by atoms with Crippen molar-refractivity contribution in [2.75, 3.05) is 0 Å². The SMILES string of the molecule is O=c1c2ccccc2nc2n1CCC2NC(c1ccccc1)c1ccccc1. The smallest absolute Gasteiger partial charge is 0.261 e. The first kappa shape index (κ1) is 16.9. The number of hydrogen-bond acceptors (Lipinski definition) is 3. The lowest BCUT2D eigenvalue weighted by atomic mass is 9.97. The molecule has 0 saturated carbocycles. The highest BCUT2D eigenvalue weighted by Gasteiger charge is 2.29. The largest absolute Gasteiger partial charge is 0.297 e. The molecule has 1 atom stereocenters. The van der Waals surface area contributed by atoms with E-state index in [2.05, 4.69) is 53.8 Å². The summed E-state index contributed by atoms with van der Waals surface area (Å²) in [5.41, 5.74) is 3.23. The van der Waals surface area contributed by atoms with Crippen LogP contribution in [0.25, 0.3) is 10.9 Å². The van der Waals surface area contributed by atoms with Gasteiger partial charge in [0.15, 0.2) is 0 Å². The molecule has 0 saturated heterocycles. The van der Waals surface area contributed by atoms with E-state index in [1.807, 2.05) is 41.0 Å². The number of nitrogens with zero attached hydrogens (tertiary/aromatic N) is 2. The fourth-order valence-electron chi connectivity index (χ4n) is 4.09. The van der Waals surface area contributed by atoms with Crippen molar-refractivity contribution in [3.8, 4) is 0 Å². The van der Waals surface area contributed by atoms with Crippen molar-refractivity contribution >= 4 is 10.9 Å². The number of para-hydroxylation sites is 1. The monoisotopic (exact) mass is 367 g/mol. The molecule has 5 rings (SSSR count). The van der Waals surface area contributed by atoms with E-state index >= 15 is 0 Å². The van der Waals surface area contributed by atoms with Gasteiger partial charge in [-0.25, -0.2) is 4.98 Å². The number of aromatic nitrogens is 2. The summed E-state index contributed by atoms with van der Waals surface area (Å²) < 4.78 is 1.83. The molecule has 138 valence electrons. The van der Waals surface area contributed by atoms with Crippen LogP contribution in [0, 0.1) is 0 Å². The topological polar surface area (TPSA) is 46.9 Å². The molecule has 4 aromatic rings. The molecule has 0 bridgehead atoms. The van der Waals surface area contributed by atoms with Crippen LogP contribution < -0.4 is 10.9 Å². The molecule has 0 spiro atoms. The molecule has 1 aromatic heterocycles. The van der Waals surface area contributed by atoms with Gasteiger partial charge in [0.1, 0.15) is 5.82 Å². The van der Waals surface area contributed by atoms with Crippen LogP contribution in [-0.4, -0.2) is 9.55 Å². The molecule has 3 aromatic carbocycles. The zero-order valence-corrected chi connectivity index (χ0v) is 15.5. The van der Waals surface area contributed by atoms with E-state index in [0.717, 1.165) is 17.8 Å². The average Bonchev–Trinajstić information content (AvgIpc) is 3.16. The van der Waals surface area contributed by atoms with Gasteiger partial charge in [-0.3, -0.25) is 14.7 Å². The highest BCUT2D eigenvalue weighted by molar-refractivity contribution is 5.77. The van der Waals surface area contributed by atoms with Crippen molar-refractivity contribution in [2.45, 2.75) is 25.0 Å². The Labute approximate surface area is 163 Å². The predicted molar refractivity (Wildman–Crippen MR) is 111 cm³/mol. The molecule has 1 N–H and O–H groups in total. The fourth-order valence-corrected chi connectivity index (χ4v) is 4.09. The molecule has 4 heteroatoms. The van der Waals surface area contributed by atoms with Crippen molar-refractivity contribution in [3.05, 3.63) is 112 Å². The zero-order valence-electron chi connectivity index (χ0n) is 15.5. The van der Waals surface area contributed by atoms with E-state index < -0.39 is 0 Å². The van der Waals surface area contributed by atoms with Crippen LogP contribution in [0.5, 0.6) is 0 Å². The Morgan fingerprint density at radius 2 is 1.46 bits per heavy atom. The Hall–Kier alpha value is -3.24. The quantitative estimate of drug-likeness (QED) is 0.587. The normalized spacial score (nSPS) is 15.8. The van der Waals surface area contributed by atoms with Gasteiger partial charge in [-0.15, -0.1) is 0 Å². The van der Waals surface area contributed by atoms with Gasteiger partial charge in [-0.05, 0) is 29.7 Å². The molecule has 0 aliphatic carbocycles. The van der Waals surface area contributed by atoms with Crippen LogP contribution in [0.4, 0.5) is 0 Å². The third-order valence-corrected chi connectivity index (χ3v) is 5.48. The van der Waals surface area contributed by atoms with Crippen molar-refractivity contribution in [3.63, 3.8) is 0 Å². The minimum atomic E-state index is 0.0303. The van der Waals surface area contributed by atoms with Crippen LogP contribution in [0.1, 0.15) is 35.5 Å². The summed E-state index contributed by atoms with van der Waals surface area (Å²) in [5, 5.41) is 4.46. The van der Waals surface area contributed by atoms with Gasteiger partial charge < -0.3 is 0 Å². The Balaban J connectivity index is 1.56. The fraction of sp³-hybridized carbons (Fsp3) is 0.167. The molecule has 0 amide bonds. The van der Waals surface area contributed by atoms with E-state index in [-0.39, 0.29) is 17.6 Å². The van der Waals surface area contributed by atoms with Crippen LogP contribution in [0.3, 0.4) is 0 Å². The van der Waals surface area contributed by atoms with Gasteiger partial charge in [-0.2, -0.15) is 0 Å². The summed E-state index contributed by atoms with van der Waals surface area (Å²) >= 11 is 0. The van der Waals surface area contributed by atoms with Gasteiger partial charge in [0.25, 0.3) is 5.56 Å². The summed E-state index contributed by atoms with van der Waals surface area (Å²) in [5.74, 6) is 0.834. The van der Waals surface area contributed by atoms with Crippen molar-refractivity contribution in [2.24, 2.45) is 0 Å². The maximum atomic E-state index is 12.9. The molecule has 0 radical (unpaired) electrons. The van der Waals surface area contributed by atoms with E-state index in [4.69, 9.17) is 4.98 Å². The first-order valence-electron chi connectivity index (χ1n) is 9.67. The van der Waals surface area contributed by atoms with E-state index in [1.54, 1.807) is 0 Å². The highest BCUT2D eigenvalue weighted by Crippen LogP contribution is 2.30. The van der Waals surface area contributed by atoms with E-state index in [0.29, 0.717) is 11.9 Å². The summed E-state index contributed by atoms with van der Waals surface area (Å²) in [6, 6.07) is 28.5.